The van der Waals surface area contributed by atoms with E-state index in [2.05, 4.69) is 49.4 Å². The van der Waals surface area contributed by atoms with Gasteiger partial charge in [0.05, 0.1) is 18.8 Å². The van der Waals surface area contributed by atoms with Gasteiger partial charge in [0, 0.05) is 31.0 Å². The topological polar surface area (TPSA) is 50.8 Å². The molecule has 1 aromatic rings. The van der Waals surface area contributed by atoms with E-state index in [-0.39, 0.29) is 24.2 Å². The van der Waals surface area contributed by atoms with Crippen LogP contribution in [0.1, 0.15) is 63.2 Å². The van der Waals surface area contributed by atoms with Crippen LogP contribution in [0.25, 0.3) is 0 Å². The van der Waals surface area contributed by atoms with E-state index < -0.39 is 0 Å². The third-order valence-electron chi connectivity index (χ3n) is 5.62. The van der Waals surface area contributed by atoms with Gasteiger partial charge >= 0.3 is 0 Å². The van der Waals surface area contributed by atoms with Crippen molar-refractivity contribution in [1.29, 1.82) is 0 Å². The summed E-state index contributed by atoms with van der Waals surface area (Å²) < 4.78 is 12.4. The molecular formula is C22H34N2O3. The quantitative estimate of drug-likeness (QED) is 0.791. The average molecular weight is 375 g/mol. The zero-order valence-corrected chi connectivity index (χ0v) is 17.2. The van der Waals surface area contributed by atoms with Crippen molar-refractivity contribution >= 4 is 5.91 Å². The zero-order valence-electron chi connectivity index (χ0n) is 17.2. The SMILES string of the molecule is CCCOc1ccc([C@H]2C[C@@H](NC(C)=O)[C@@H]3CCC[C@H]3O2)cc1CN(C)C. The summed E-state index contributed by atoms with van der Waals surface area (Å²) in [6.45, 7) is 5.30. The lowest BCUT2D eigenvalue weighted by Gasteiger charge is -2.39. The Kier molecular flexibility index (Phi) is 6.77. The molecule has 1 amide bonds. The van der Waals surface area contributed by atoms with Gasteiger partial charge in [0.1, 0.15) is 5.75 Å². The third kappa shape index (κ3) is 5.02. The van der Waals surface area contributed by atoms with Crippen molar-refractivity contribution in [3.63, 3.8) is 0 Å². The third-order valence-corrected chi connectivity index (χ3v) is 5.62. The molecule has 0 spiro atoms. The van der Waals surface area contributed by atoms with E-state index in [1.165, 1.54) is 17.5 Å². The van der Waals surface area contributed by atoms with Crippen LogP contribution in [-0.4, -0.2) is 43.7 Å². The van der Waals surface area contributed by atoms with E-state index in [4.69, 9.17) is 9.47 Å². The number of hydrogen-bond acceptors (Lipinski definition) is 4. The average Bonchev–Trinajstić information content (AvgIpc) is 3.08. The van der Waals surface area contributed by atoms with Crippen LogP contribution in [0.2, 0.25) is 0 Å². The van der Waals surface area contributed by atoms with E-state index in [0.717, 1.165) is 44.6 Å². The molecule has 2 aliphatic rings. The van der Waals surface area contributed by atoms with Crippen molar-refractivity contribution in [3.8, 4) is 5.75 Å². The van der Waals surface area contributed by atoms with Crippen molar-refractivity contribution in [2.45, 2.75) is 70.7 Å². The van der Waals surface area contributed by atoms with E-state index in [1.807, 2.05) is 0 Å². The summed E-state index contributed by atoms with van der Waals surface area (Å²) in [4.78, 5) is 13.8. The molecule has 1 heterocycles. The zero-order chi connectivity index (χ0) is 19.4. The predicted molar refractivity (Wildman–Crippen MR) is 107 cm³/mol. The van der Waals surface area contributed by atoms with Gasteiger partial charge in [-0.2, -0.15) is 0 Å². The fraction of sp³-hybridized carbons (Fsp3) is 0.682. The Hall–Kier alpha value is -1.59. The number of amides is 1. The van der Waals surface area contributed by atoms with Gasteiger partial charge in [0.25, 0.3) is 0 Å². The number of fused-ring (bicyclic) bond motifs is 1. The molecule has 1 N–H and O–H groups in total. The molecule has 1 saturated carbocycles. The molecule has 1 aromatic carbocycles. The number of ether oxygens (including phenoxy) is 2. The standard InChI is InChI=1S/C22H34N2O3/c1-5-11-26-20-10-9-16(12-17(20)14-24(3)4)22-13-19(23-15(2)25)18-7-6-8-21(18)27-22/h9-10,12,18-19,21-22H,5-8,11,13-14H2,1-4H3,(H,23,25)/t18-,19+,21+,22+/m0/s1. The summed E-state index contributed by atoms with van der Waals surface area (Å²) in [5.74, 6) is 1.48. The maximum atomic E-state index is 11.7. The Balaban J connectivity index is 1.82. The van der Waals surface area contributed by atoms with Crippen molar-refractivity contribution in [3.05, 3.63) is 29.3 Å². The highest BCUT2D eigenvalue weighted by molar-refractivity contribution is 5.73. The van der Waals surface area contributed by atoms with E-state index in [0.29, 0.717) is 5.92 Å². The second-order valence-corrected chi connectivity index (χ2v) is 8.25. The normalized spacial score (nSPS) is 27.4. The molecule has 0 unspecified atom stereocenters. The number of nitrogens with one attached hydrogen (secondary N) is 1. The summed E-state index contributed by atoms with van der Waals surface area (Å²) >= 11 is 0. The van der Waals surface area contributed by atoms with E-state index >= 15 is 0 Å². The second-order valence-electron chi connectivity index (χ2n) is 8.25. The maximum Gasteiger partial charge on any atom is 0.217 e. The molecule has 5 nitrogen and oxygen atoms in total. The van der Waals surface area contributed by atoms with Gasteiger partial charge in [-0.05, 0) is 57.5 Å². The minimum absolute atomic E-state index is 0.0299. The molecule has 1 saturated heterocycles. The first-order valence-electron chi connectivity index (χ1n) is 10.3. The van der Waals surface area contributed by atoms with Crippen LogP contribution in [0.15, 0.2) is 18.2 Å². The minimum atomic E-state index is 0.0299. The molecule has 1 aliphatic heterocycles. The Bertz CT molecular complexity index is 646. The smallest absolute Gasteiger partial charge is 0.217 e. The van der Waals surface area contributed by atoms with Crippen LogP contribution >= 0.6 is 0 Å². The van der Waals surface area contributed by atoms with Gasteiger partial charge in [-0.1, -0.05) is 19.4 Å². The number of hydrogen-bond donors (Lipinski definition) is 1. The Morgan fingerprint density at radius 2 is 2.15 bits per heavy atom. The minimum Gasteiger partial charge on any atom is -0.493 e. The molecule has 3 rings (SSSR count). The number of rotatable bonds is 7. The molecule has 1 aliphatic carbocycles. The monoisotopic (exact) mass is 374 g/mol. The van der Waals surface area contributed by atoms with E-state index in [9.17, 15) is 4.79 Å². The Morgan fingerprint density at radius 3 is 2.85 bits per heavy atom. The lowest BCUT2D eigenvalue weighted by atomic mass is 9.86. The first kappa shape index (κ1) is 20.2. The molecule has 0 radical (unpaired) electrons. The molecule has 150 valence electrons. The second kappa shape index (κ2) is 9.07. The van der Waals surface area contributed by atoms with Crippen LogP contribution in [0.3, 0.4) is 0 Å². The van der Waals surface area contributed by atoms with Crippen molar-refractivity contribution in [2.24, 2.45) is 5.92 Å². The number of carbonyl (C=O) groups is 1. The number of carbonyl (C=O) groups excluding carboxylic acids is 1. The highest BCUT2D eigenvalue weighted by atomic mass is 16.5. The van der Waals surface area contributed by atoms with Gasteiger partial charge in [-0.3, -0.25) is 4.79 Å². The highest BCUT2D eigenvalue weighted by Gasteiger charge is 2.42. The molecule has 2 fully saturated rings. The summed E-state index contributed by atoms with van der Waals surface area (Å²) in [5.41, 5.74) is 2.38. The van der Waals surface area contributed by atoms with Gasteiger partial charge in [0.2, 0.25) is 5.91 Å². The van der Waals surface area contributed by atoms with Crippen LogP contribution in [0.5, 0.6) is 5.75 Å². The van der Waals surface area contributed by atoms with Gasteiger partial charge in [0.15, 0.2) is 0 Å². The van der Waals surface area contributed by atoms with E-state index in [1.54, 1.807) is 6.92 Å². The summed E-state index contributed by atoms with van der Waals surface area (Å²) in [5, 5.41) is 3.19. The van der Waals surface area contributed by atoms with Crippen molar-refractivity contribution < 1.29 is 14.3 Å². The Morgan fingerprint density at radius 1 is 1.33 bits per heavy atom. The summed E-state index contributed by atoms with van der Waals surface area (Å²) in [6.07, 6.45) is 5.56. The van der Waals surface area contributed by atoms with Gasteiger partial charge < -0.3 is 19.7 Å². The van der Waals surface area contributed by atoms with Crippen LogP contribution in [-0.2, 0) is 16.1 Å². The molecule has 0 aromatic heterocycles. The summed E-state index contributed by atoms with van der Waals surface area (Å²) in [7, 11) is 4.15. The van der Waals surface area contributed by atoms with Gasteiger partial charge in [-0.25, -0.2) is 0 Å². The lowest BCUT2D eigenvalue weighted by Crippen LogP contribution is -2.47. The molecular weight excluding hydrogens is 340 g/mol. The predicted octanol–water partition coefficient (Wildman–Crippen LogP) is 3.67. The van der Waals surface area contributed by atoms with Crippen LogP contribution in [0.4, 0.5) is 0 Å². The number of nitrogens with zero attached hydrogens (tertiary/aromatic N) is 1. The van der Waals surface area contributed by atoms with Crippen LogP contribution < -0.4 is 10.1 Å². The molecule has 27 heavy (non-hydrogen) atoms. The fourth-order valence-electron chi connectivity index (χ4n) is 4.51. The largest absolute Gasteiger partial charge is 0.493 e. The first-order chi connectivity index (χ1) is 13.0. The van der Waals surface area contributed by atoms with Crippen LogP contribution in [0, 0.1) is 5.92 Å². The number of benzene rings is 1. The van der Waals surface area contributed by atoms with Crippen molar-refractivity contribution in [1.82, 2.24) is 10.2 Å². The summed E-state index contributed by atoms with van der Waals surface area (Å²) in [6, 6.07) is 6.66. The molecule has 4 atom stereocenters. The molecule has 0 bridgehead atoms. The van der Waals surface area contributed by atoms with Gasteiger partial charge in [-0.15, -0.1) is 0 Å². The Labute approximate surface area is 163 Å². The molecule has 5 heteroatoms. The lowest BCUT2D eigenvalue weighted by molar-refractivity contribution is -0.124. The maximum absolute atomic E-state index is 11.7. The fourth-order valence-corrected chi connectivity index (χ4v) is 4.51. The highest BCUT2D eigenvalue weighted by Crippen LogP contribution is 2.43. The van der Waals surface area contributed by atoms with Crippen molar-refractivity contribution in [2.75, 3.05) is 20.7 Å². The first-order valence-corrected chi connectivity index (χ1v) is 10.3.